The van der Waals surface area contributed by atoms with Gasteiger partial charge in [-0.25, -0.2) is 0 Å². The number of halogens is 1. The van der Waals surface area contributed by atoms with Crippen LogP contribution in [0.1, 0.15) is 23.2 Å². The minimum absolute atomic E-state index is 0.146. The number of piperidine rings is 1. The molecule has 0 saturated carbocycles. The summed E-state index contributed by atoms with van der Waals surface area (Å²) in [5, 5.41) is 3.35. The third-order valence-electron chi connectivity index (χ3n) is 3.23. The number of hydrogen-bond donors (Lipinski definition) is 2. The number of rotatable bonds is 2. The molecule has 1 amide bonds. The number of nitrogen functional groups attached to an aromatic ring is 1. The van der Waals surface area contributed by atoms with E-state index in [0.717, 1.165) is 25.9 Å². The van der Waals surface area contributed by atoms with Gasteiger partial charge in [0, 0.05) is 12.6 Å². The summed E-state index contributed by atoms with van der Waals surface area (Å²) in [7, 11) is 2.06. The Morgan fingerprint density at radius 2 is 2.33 bits per heavy atom. The van der Waals surface area contributed by atoms with Gasteiger partial charge < -0.3 is 16.0 Å². The highest BCUT2D eigenvalue weighted by molar-refractivity contribution is 6.36. The number of nitrogens with two attached hydrogens (primary N) is 1. The molecule has 18 heavy (non-hydrogen) atoms. The van der Waals surface area contributed by atoms with Crippen LogP contribution in [0.3, 0.4) is 0 Å². The molecule has 1 unspecified atom stereocenters. The van der Waals surface area contributed by atoms with E-state index in [2.05, 4.69) is 17.3 Å². The number of nitrogens with one attached hydrogen (secondary N) is 1. The Hall–Kier alpha value is -1.26. The maximum absolute atomic E-state index is 12.1. The lowest BCUT2D eigenvalue weighted by molar-refractivity contribution is 0.0912. The number of carbonyl (C=O) groups is 1. The predicted octanol–water partition coefficient (Wildman–Crippen LogP) is 1.75. The Labute approximate surface area is 112 Å². The first kappa shape index (κ1) is 13.2. The Balaban J connectivity index is 2.05. The minimum Gasteiger partial charge on any atom is -0.398 e. The summed E-state index contributed by atoms with van der Waals surface area (Å²) < 4.78 is 0. The van der Waals surface area contributed by atoms with Crippen LogP contribution in [-0.2, 0) is 0 Å². The SMILES string of the molecule is CN1CCCC(NC(=O)c2cccc(N)c2Cl)C1. The second-order valence-electron chi connectivity index (χ2n) is 4.78. The van der Waals surface area contributed by atoms with E-state index in [1.807, 2.05) is 0 Å². The van der Waals surface area contributed by atoms with Gasteiger partial charge in [0.15, 0.2) is 0 Å². The molecule has 1 aliphatic rings. The highest BCUT2D eigenvalue weighted by Crippen LogP contribution is 2.23. The van der Waals surface area contributed by atoms with E-state index in [1.54, 1.807) is 18.2 Å². The van der Waals surface area contributed by atoms with Gasteiger partial charge in [-0.2, -0.15) is 0 Å². The van der Waals surface area contributed by atoms with Gasteiger partial charge in [-0.15, -0.1) is 0 Å². The zero-order valence-electron chi connectivity index (χ0n) is 10.4. The topological polar surface area (TPSA) is 58.4 Å². The summed E-state index contributed by atoms with van der Waals surface area (Å²) >= 11 is 6.04. The van der Waals surface area contributed by atoms with Crippen molar-refractivity contribution in [3.63, 3.8) is 0 Å². The molecule has 1 fully saturated rings. The summed E-state index contributed by atoms with van der Waals surface area (Å²) in [5.41, 5.74) is 6.58. The zero-order valence-corrected chi connectivity index (χ0v) is 11.2. The third-order valence-corrected chi connectivity index (χ3v) is 3.65. The van der Waals surface area contributed by atoms with Gasteiger partial charge in [-0.3, -0.25) is 4.79 Å². The summed E-state index contributed by atoms with van der Waals surface area (Å²) in [6.07, 6.45) is 2.11. The van der Waals surface area contributed by atoms with E-state index in [-0.39, 0.29) is 11.9 Å². The average molecular weight is 268 g/mol. The van der Waals surface area contributed by atoms with Crippen molar-refractivity contribution in [1.29, 1.82) is 0 Å². The Bertz CT molecular complexity index is 450. The summed E-state index contributed by atoms with van der Waals surface area (Å²) in [4.78, 5) is 14.3. The molecule has 0 aliphatic carbocycles. The molecule has 5 heteroatoms. The zero-order chi connectivity index (χ0) is 13.1. The first-order valence-corrected chi connectivity index (χ1v) is 6.49. The fourth-order valence-corrected chi connectivity index (χ4v) is 2.48. The molecule has 1 aromatic carbocycles. The maximum Gasteiger partial charge on any atom is 0.253 e. The molecule has 1 aromatic rings. The molecule has 0 radical (unpaired) electrons. The van der Waals surface area contributed by atoms with Crippen molar-refractivity contribution in [2.24, 2.45) is 0 Å². The fourth-order valence-electron chi connectivity index (χ4n) is 2.27. The number of likely N-dealkylation sites (N-methyl/N-ethyl adjacent to an activating group) is 1. The Morgan fingerprint density at radius 3 is 3.06 bits per heavy atom. The van der Waals surface area contributed by atoms with Crippen LogP contribution in [0, 0.1) is 0 Å². The summed E-state index contributed by atoms with van der Waals surface area (Å²) in [6.45, 7) is 1.97. The van der Waals surface area contributed by atoms with Crippen LogP contribution in [0.2, 0.25) is 5.02 Å². The van der Waals surface area contributed by atoms with Crippen LogP contribution < -0.4 is 11.1 Å². The standard InChI is InChI=1S/C13H18ClN3O/c1-17-7-3-4-9(8-17)16-13(18)10-5-2-6-11(15)12(10)14/h2,5-6,9H,3-4,7-8,15H2,1H3,(H,16,18). The summed E-state index contributed by atoms with van der Waals surface area (Å²) in [6, 6.07) is 5.31. The molecule has 1 heterocycles. The minimum atomic E-state index is -0.146. The largest absolute Gasteiger partial charge is 0.398 e. The van der Waals surface area contributed by atoms with Crippen LogP contribution >= 0.6 is 11.6 Å². The molecule has 4 nitrogen and oxygen atoms in total. The van der Waals surface area contributed by atoms with Crippen LogP contribution in [0.25, 0.3) is 0 Å². The van der Waals surface area contributed by atoms with E-state index in [1.165, 1.54) is 0 Å². The number of nitrogens with zero attached hydrogens (tertiary/aromatic N) is 1. The van der Waals surface area contributed by atoms with Crippen LogP contribution in [-0.4, -0.2) is 37.0 Å². The van der Waals surface area contributed by atoms with Crippen molar-refractivity contribution >= 4 is 23.2 Å². The molecule has 2 rings (SSSR count). The first-order valence-electron chi connectivity index (χ1n) is 6.11. The van der Waals surface area contributed by atoms with Crippen LogP contribution in [0.4, 0.5) is 5.69 Å². The molecular weight excluding hydrogens is 250 g/mol. The molecule has 0 bridgehead atoms. The number of carbonyl (C=O) groups excluding carboxylic acids is 1. The number of amides is 1. The number of hydrogen-bond acceptors (Lipinski definition) is 3. The van der Waals surface area contributed by atoms with E-state index >= 15 is 0 Å². The average Bonchev–Trinajstić information content (AvgIpc) is 2.32. The maximum atomic E-state index is 12.1. The second-order valence-corrected chi connectivity index (χ2v) is 5.16. The molecule has 1 saturated heterocycles. The molecule has 98 valence electrons. The van der Waals surface area contributed by atoms with Crippen molar-refractivity contribution in [3.8, 4) is 0 Å². The molecule has 3 N–H and O–H groups in total. The second kappa shape index (κ2) is 5.59. The van der Waals surface area contributed by atoms with Crippen LogP contribution in [0.5, 0.6) is 0 Å². The van der Waals surface area contributed by atoms with E-state index in [4.69, 9.17) is 17.3 Å². The molecule has 1 aliphatic heterocycles. The van der Waals surface area contributed by atoms with Crippen molar-refractivity contribution in [1.82, 2.24) is 10.2 Å². The lowest BCUT2D eigenvalue weighted by Gasteiger charge is -2.30. The van der Waals surface area contributed by atoms with Gasteiger partial charge in [0.05, 0.1) is 16.3 Å². The van der Waals surface area contributed by atoms with Gasteiger partial charge in [-0.05, 0) is 38.6 Å². The molecule has 0 aromatic heterocycles. The quantitative estimate of drug-likeness (QED) is 0.803. The van der Waals surface area contributed by atoms with Gasteiger partial charge in [0.1, 0.15) is 0 Å². The van der Waals surface area contributed by atoms with E-state index in [9.17, 15) is 4.79 Å². The normalized spacial score (nSPS) is 20.7. The fraction of sp³-hybridized carbons (Fsp3) is 0.462. The monoisotopic (exact) mass is 267 g/mol. The lowest BCUT2D eigenvalue weighted by Crippen LogP contribution is -2.46. The number of anilines is 1. The Morgan fingerprint density at radius 1 is 1.56 bits per heavy atom. The third kappa shape index (κ3) is 2.94. The van der Waals surface area contributed by atoms with Crippen molar-refractivity contribution in [3.05, 3.63) is 28.8 Å². The van der Waals surface area contributed by atoms with Gasteiger partial charge in [-0.1, -0.05) is 17.7 Å². The number of likely N-dealkylation sites (tertiary alicyclic amines) is 1. The van der Waals surface area contributed by atoms with Crippen LogP contribution in [0.15, 0.2) is 18.2 Å². The lowest BCUT2D eigenvalue weighted by atomic mass is 10.1. The van der Waals surface area contributed by atoms with Crippen molar-refractivity contribution < 1.29 is 4.79 Å². The van der Waals surface area contributed by atoms with E-state index < -0.39 is 0 Å². The predicted molar refractivity (Wildman–Crippen MR) is 73.8 cm³/mol. The highest BCUT2D eigenvalue weighted by atomic mass is 35.5. The van der Waals surface area contributed by atoms with Gasteiger partial charge >= 0.3 is 0 Å². The first-order chi connectivity index (χ1) is 8.58. The van der Waals surface area contributed by atoms with Gasteiger partial charge in [0.25, 0.3) is 5.91 Å². The van der Waals surface area contributed by atoms with E-state index in [0.29, 0.717) is 16.3 Å². The number of benzene rings is 1. The Kier molecular flexibility index (Phi) is 4.09. The smallest absolute Gasteiger partial charge is 0.253 e. The molecule has 0 spiro atoms. The van der Waals surface area contributed by atoms with Gasteiger partial charge in [0.2, 0.25) is 0 Å². The molecule has 1 atom stereocenters. The summed E-state index contributed by atoms with van der Waals surface area (Å²) in [5.74, 6) is -0.146. The highest BCUT2D eigenvalue weighted by Gasteiger charge is 2.20. The molecular formula is C13H18ClN3O. The van der Waals surface area contributed by atoms with Crippen molar-refractivity contribution in [2.45, 2.75) is 18.9 Å². The van der Waals surface area contributed by atoms with Crippen molar-refractivity contribution in [2.75, 3.05) is 25.9 Å².